The van der Waals surface area contributed by atoms with Gasteiger partial charge in [-0.2, -0.15) is 0 Å². The summed E-state index contributed by atoms with van der Waals surface area (Å²) in [6.07, 6.45) is 2.77. The van der Waals surface area contributed by atoms with Crippen molar-refractivity contribution in [3.05, 3.63) is 0 Å². The number of rotatable bonds is 2. The molecule has 1 heterocycles. The van der Waals surface area contributed by atoms with E-state index in [0.29, 0.717) is 17.6 Å². The van der Waals surface area contributed by atoms with E-state index in [1.807, 2.05) is 0 Å². The molecule has 0 bridgehead atoms. The van der Waals surface area contributed by atoms with E-state index in [9.17, 15) is 0 Å². The van der Waals surface area contributed by atoms with Crippen molar-refractivity contribution in [2.24, 2.45) is 5.41 Å². The maximum atomic E-state index is 5.50. The summed E-state index contributed by atoms with van der Waals surface area (Å²) in [4.78, 5) is 0. The van der Waals surface area contributed by atoms with Gasteiger partial charge in [-0.05, 0) is 25.2 Å². The Bertz CT molecular complexity index is 151. The first-order valence-electron chi connectivity index (χ1n) is 5.32. The zero-order valence-electron chi connectivity index (χ0n) is 9.39. The lowest BCUT2D eigenvalue weighted by Gasteiger charge is -2.30. The topological polar surface area (TPSA) is 21.3 Å². The molecule has 0 radical (unpaired) electrons. The van der Waals surface area contributed by atoms with Crippen LogP contribution in [0.1, 0.15) is 40.5 Å². The van der Waals surface area contributed by atoms with Crippen LogP contribution in [0.2, 0.25) is 0 Å². The highest BCUT2D eigenvalue weighted by molar-refractivity contribution is 4.77. The number of nitrogens with one attached hydrogen (secondary N) is 1. The quantitative estimate of drug-likeness (QED) is 0.712. The van der Waals surface area contributed by atoms with Crippen LogP contribution in [0, 0.1) is 5.41 Å². The first-order valence-corrected chi connectivity index (χ1v) is 5.32. The predicted octanol–water partition coefficient (Wildman–Crippen LogP) is 2.19. The van der Waals surface area contributed by atoms with Crippen molar-refractivity contribution in [2.75, 3.05) is 13.2 Å². The molecule has 0 saturated carbocycles. The monoisotopic (exact) mass is 185 g/mol. The summed E-state index contributed by atoms with van der Waals surface area (Å²) in [5.41, 5.74) is 0.390. The second-order valence-electron chi connectivity index (χ2n) is 5.34. The molecule has 0 aliphatic carbocycles. The van der Waals surface area contributed by atoms with Crippen molar-refractivity contribution in [2.45, 2.75) is 52.7 Å². The van der Waals surface area contributed by atoms with Crippen molar-refractivity contribution in [1.29, 1.82) is 0 Å². The van der Waals surface area contributed by atoms with E-state index < -0.39 is 0 Å². The molecule has 2 nitrogen and oxygen atoms in total. The minimum absolute atomic E-state index is 0.390. The predicted molar refractivity (Wildman–Crippen MR) is 55.9 cm³/mol. The van der Waals surface area contributed by atoms with Gasteiger partial charge in [0.1, 0.15) is 0 Å². The molecule has 78 valence electrons. The van der Waals surface area contributed by atoms with Gasteiger partial charge in [-0.15, -0.1) is 0 Å². The van der Waals surface area contributed by atoms with Crippen LogP contribution < -0.4 is 5.32 Å². The third kappa shape index (κ3) is 4.63. The summed E-state index contributed by atoms with van der Waals surface area (Å²) in [7, 11) is 0. The number of hydrogen-bond acceptors (Lipinski definition) is 2. The third-order valence-corrected chi connectivity index (χ3v) is 2.41. The molecule has 2 heteroatoms. The molecule has 1 aliphatic rings. The lowest BCUT2D eigenvalue weighted by atomic mass is 9.95. The zero-order valence-corrected chi connectivity index (χ0v) is 9.39. The van der Waals surface area contributed by atoms with Crippen LogP contribution in [0.4, 0.5) is 0 Å². The molecule has 0 spiro atoms. The van der Waals surface area contributed by atoms with Gasteiger partial charge in [-0.25, -0.2) is 0 Å². The molecular weight excluding hydrogens is 162 g/mol. The molecular formula is C11H23NO. The Morgan fingerprint density at radius 1 is 1.38 bits per heavy atom. The largest absolute Gasteiger partial charge is 0.378 e. The maximum Gasteiger partial charge on any atom is 0.0561 e. The Morgan fingerprint density at radius 3 is 2.62 bits per heavy atom. The minimum atomic E-state index is 0.390. The third-order valence-electron chi connectivity index (χ3n) is 2.41. The van der Waals surface area contributed by atoms with E-state index in [1.54, 1.807) is 0 Å². The molecule has 1 aliphatic heterocycles. The fraction of sp³-hybridized carbons (Fsp3) is 1.00. The fourth-order valence-corrected chi connectivity index (χ4v) is 1.63. The summed E-state index contributed by atoms with van der Waals surface area (Å²) in [6.45, 7) is 11.0. The van der Waals surface area contributed by atoms with Gasteiger partial charge < -0.3 is 10.1 Å². The second-order valence-corrected chi connectivity index (χ2v) is 5.34. The van der Waals surface area contributed by atoms with Gasteiger partial charge >= 0.3 is 0 Å². The highest BCUT2D eigenvalue weighted by Crippen LogP contribution is 2.16. The Kier molecular flexibility index (Phi) is 3.74. The average molecular weight is 185 g/mol. The van der Waals surface area contributed by atoms with E-state index in [-0.39, 0.29) is 0 Å². The van der Waals surface area contributed by atoms with Gasteiger partial charge in [0.25, 0.3) is 0 Å². The molecule has 0 aromatic rings. The Balaban J connectivity index is 2.21. The Morgan fingerprint density at radius 2 is 2.08 bits per heavy atom. The first kappa shape index (κ1) is 11.0. The molecule has 1 saturated heterocycles. The van der Waals surface area contributed by atoms with E-state index in [4.69, 9.17) is 4.74 Å². The Labute approximate surface area is 82.0 Å². The Hall–Kier alpha value is -0.0800. The van der Waals surface area contributed by atoms with Crippen LogP contribution in [0.15, 0.2) is 0 Å². The van der Waals surface area contributed by atoms with Gasteiger partial charge in [-0.3, -0.25) is 0 Å². The lowest BCUT2D eigenvalue weighted by molar-refractivity contribution is 0.0120. The van der Waals surface area contributed by atoms with Crippen LogP contribution in [-0.4, -0.2) is 25.3 Å². The zero-order chi connectivity index (χ0) is 9.90. The summed E-state index contributed by atoms with van der Waals surface area (Å²) in [5.74, 6) is 0. The van der Waals surface area contributed by atoms with Crippen LogP contribution >= 0.6 is 0 Å². The van der Waals surface area contributed by atoms with E-state index in [0.717, 1.165) is 19.6 Å². The standard InChI is InChI=1S/C11H23NO/c1-9-7-10(5-6-13-9)12-8-11(2,3)4/h9-10,12H,5-8H2,1-4H3. The molecule has 2 unspecified atom stereocenters. The lowest BCUT2D eigenvalue weighted by Crippen LogP contribution is -2.41. The molecule has 1 N–H and O–H groups in total. The fourth-order valence-electron chi connectivity index (χ4n) is 1.63. The summed E-state index contributed by atoms with van der Waals surface area (Å²) < 4.78 is 5.50. The highest BCUT2D eigenvalue weighted by Gasteiger charge is 2.20. The van der Waals surface area contributed by atoms with Crippen LogP contribution in [0.5, 0.6) is 0 Å². The van der Waals surface area contributed by atoms with E-state index in [2.05, 4.69) is 33.0 Å². The molecule has 2 atom stereocenters. The van der Waals surface area contributed by atoms with Crippen molar-refractivity contribution < 1.29 is 4.74 Å². The van der Waals surface area contributed by atoms with Gasteiger partial charge in [0.05, 0.1) is 6.10 Å². The van der Waals surface area contributed by atoms with Crippen molar-refractivity contribution in [1.82, 2.24) is 5.32 Å². The summed E-state index contributed by atoms with van der Waals surface area (Å²) in [6, 6.07) is 0.669. The minimum Gasteiger partial charge on any atom is -0.378 e. The smallest absolute Gasteiger partial charge is 0.0561 e. The van der Waals surface area contributed by atoms with E-state index >= 15 is 0 Å². The number of hydrogen-bond donors (Lipinski definition) is 1. The van der Waals surface area contributed by atoms with Gasteiger partial charge in [0.15, 0.2) is 0 Å². The molecule has 1 fully saturated rings. The first-order chi connectivity index (χ1) is 5.97. The highest BCUT2D eigenvalue weighted by atomic mass is 16.5. The van der Waals surface area contributed by atoms with Crippen LogP contribution in [0.25, 0.3) is 0 Å². The normalized spacial score (nSPS) is 30.5. The second kappa shape index (κ2) is 4.43. The van der Waals surface area contributed by atoms with E-state index in [1.165, 1.54) is 6.42 Å². The number of ether oxygens (including phenoxy) is 1. The van der Waals surface area contributed by atoms with Crippen molar-refractivity contribution in [3.8, 4) is 0 Å². The molecule has 13 heavy (non-hydrogen) atoms. The average Bonchev–Trinajstić information content (AvgIpc) is 2.00. The molecule has 0 amide bonds. The van der Waals surface area contributed by atoms with Gasteiger partial charge in [0.2, 0.25) is 0 Å². The molecule has 0 aromatic heterocycles. The van der Waals surface area contributed by atoms with Crippen molar-refractivity contribution in [3.63, 3.8) is 0 Å². The summed E-state index contributed by atoms with van der Waals surface area (Å²) in [5, 5.41) is 3.61. The maximum absolute atomic E-state index is 5.50. The summed E-state index contributed by atoms with van der Waals surface area (Å²) >= 11 is 0. The van der Waals surface area contributed by atoms with Gasteiger partial charge in [-0.1, -0.05) is 20.8 Å². The molecule has 1 rings (SSSR count). The van der Waals surface area contributed by atoms with Gasteiger partial charge in [0, 0.05) is 19.2 Å². The van der Waals surface area contributed by atoms with Crippen LogP contribution in [0.3, 0.4) is 0 Å². The SMILES string of the molecule is CC1CC(NCC(C)(C)C)CCO1. The van der Waals surface area contributed by atoms with Crippen LogP contribution in [-0.2, 0) is 4.74 Å². The van der Waals surface area contributed by atoms with Crippen molar-refractivity contribution >= 4 is 0 Å². The molecule has 0 aromatic carbocycles.